The molecule has 2 amide bonds. The predicted octanol–water partition coefficient (Wildman–Crippen LogP) is 3.97. The van der Waals surface area contributed by atoms with Crippen LogP contribution in [-0.2, 0) is 16.1 Å². The van der Waals surface area contributed by atoms with Crippen molar-refractivity contribution in [3.63, 3.8) is 0 Å². The van der Waals surface area contributed by atoms with Crippen LogP contribution in [0.5, 0.6) is 5.75 Å². The summed E-state index contributed by atoms with van der Waals surface area (Å²) in [5.74, 6) is 0.464. The predicted molar refractivity (Wildman–Crippen MR) is 111 cm³/mol. The van der Waals surface area contributed by atoms with Gasteiger partial charge in [-0.3, -0.25) is 9.59 Å². The molecule has 0 aliphatic rings. The monoisotopic (exact) mass is 402 g/mol. The fourth-order valence-electron chi connectivity index (χ4n) is 2.85. The first kappa shape index (κ1) is 21.8. The standard InChI is InChI=1S/C22H27ClN2O3/c1-16-7-4-5-8-18(16)15-25(17(2)22(27)24-3)21(26)9-6-14-28-20-12-10-19(23)11-13-20/h4-5,7-8,10-13,17H,6,9,14-15H2,1-3H3,(H,24,27)/t17-/m1/s1. The van der Waals surface area contributed by atoms with E-state index in [-0.39, 0.29) is 11.8 Å². The van der Waals surface area contributed by atoms with E-state index >= 15 is 0 Å². The molecule has 5 nitrogen and oxygen atoms in total. The normalized spacial score (nSPS) is 11.6. The molecule has 6 heteroatoms. The molecule has 0 saturated heterocycles. The maximum atomic E-state index is 12.8. The van der Waals surface area contributed by atoms with Crippen molar-refractivity contribution in [1.29, 1.82) is 0 Å². The van der Waals surface area contributed by atoms with Crippen LogP contribution >= 0.6 is 11.6 Å². The third-order valence-corrected chi connectivity index (χ3v) is 4.88. The zero-order valence-corrected chi connectivity index (χ0v) is 17.3. The number of amides is 2. The van der Waals surface area contributed by atoms with Crippen molar-refractivity contribution in [3.8, 4) is 5.75 Å². The highest BCUT2D eigenvalue weighted by Gasteiger charge is 2.25. The molecule has 2 rings (SSSR count). The minimum Gasteiger partial charge on any atom is -0.494 e. The molecule has 1 atom stereocenters. The number of likely N-dealkylation sites (N-methyl/N-ethyl adjacent to an activating group) is 1. The van der Waals surface area contributed by atoms with Gasteiger partial charge in [-0.25, -0.2) is 0 Å². The molecule has 0 aliphatic carbocycles. The first-order valence-electron chi connectivity index (χ1n) is 9.36. The Morgan fingerprint density at radius 2 is 1.82 bits per heavy atom. The molecule has 0 fully saturated rings. The van der Waals surface area contributed by atoms with Gasteiger partial charge in [-0.2, -0.15) is 0 Å². The Kier molecular flexibility index (Phi) is 8.33. The highest BCUT2D eigenvalue weighted by Crippen LogP contribution is 2.17. The molecule has 0 unspecified atom stereocenters. The number of benzene rings is 2. The van der Waals surface area contributed by atoms with Crippen molar-refractivity contribution < 1.29 is 14.3 Å². The number of aryl methyl sites for hydroxylation is 1. The highest BCUT2D eigenvalue weighted by molar-refractivity contribution is 6.30. The molecule has 2 aromatic rings. The third kappa shape index (κ3) is 6.27. The smallest absolute Gasteiger partial charge is 0.242 e. The lowest BCUT2D eigenvalue weighted by Gasteiger charge is -2.29. The molecule has 0 aromatic heterocycles. The van der Waals surface area contributed by atoms with Crippen molar-refractivity contribution >= 4 is 23.4 Å². The van der Waals surface area contributed by atoms with Gasteiger partial charge in [0.25, 0.3) is 0 Å². The molecule has 0 bridgehead atoms. The van der Waals surface area contributed by atoms with Crippen LogP contribution in [0.3, 0.4) is 0 Å². The molecule has 0 heterocycles. The fourth-order valence-corrected chi connectivity index (χ4v) is 2.98. The Morgan fingerprint density at radius 1 is 1.14 bits per heavy atom. The molecule has 0 radical (unpaired) electrons. The van der Waals surface area contributed by atoms with Crippen molar-refractivity contribution in [1.82, 2.24) is 10.2 Å². The van der Waals surface area contributed by atoms with Crippen molar-refractivity contribution in [3.05, 3.63) is 64.7 Å². The number of nitrogens with zero attached hydrogens (tertiary/aromatic N) is 1. The van der Waals surface area contributed by atoms with Gasteiger partial charge in [0.15, 0.2) is 0 Å². The van der Waals surface area contributed by atoms with Gasteiger partial charge in [0, 0.05) is 25.0 Å². The van der Waals surface area contributed by atoms with Gasteiger partial charge < -0.3 is 15.0 Å². The second-order valence-corrected chi connectivity index (χ2v) is 7.08. The SMILES string of the molecule is CNC(=O)[C@@H](C)N(Cc1ccccc1C)C(=O)CCCOc1ccc(Cl)cc1. The molecular weight excluding hydrogens is 376 g/mol. The van der Waals surface area contributed by atoms with Gasteiger partial charge in [-0.05, 0) is 55.7 Å². The number of carbonyl (C=O) groups is 2. The van der Waals surface area contributed by atoms with Gasteiger partial charge in [-0.1, -0.05) is 35.9 Å². The summed E-state index contributed by atoms with van der Waals surface area (Å²) in [6, 6.07) is 14.4. The van der Waals surface area contributed by atoms with Crippen molar-refractivity contribution in [2.24, 2.45) is 0 Å². The van der Waals surface area contributed by atoms with Gasteiger partial charge in [0.05, 0.1) is 6.61 Å². The van der Waals surface area contributed by atoms with E-state index in [1.165, 1.54) is 0 Å². The minimum absolute atomic E-state index is 0.0703. The van der Waals surface area contributed by atoms with Crippen LogP contribution in [0, 0.1) is 6.92 Å². The Labute approximate surface area is 171 Å². The van der Waals surface area contributed by atoms with Gasteiger partial charge in [0.1, 0.15) is 11.8 Å². The van der Waals surface area contributed by atoms with E-state index in [1.54, 1.807) is 43.1 Å². The van der Waals surface area contributed by atoms with E-state index in [0.717, 1.165) is 11.1 Å². The van der Waals surface area contributed by atoms with Crippen molar-refractivity contribution in [2.45, 2.75) is 39.3 Å². The van der Waals surface area contributed by atoms with Gasteiger partial charge in [0.2, 0.25) is 11.8 Å². The number of ether oxygens (including phenoxy) is 1. The molecular formula is C22H27ClN2O3. The average Bonchev–Trinajstić information content (AvgIpc) is 2.70. The summed E-state index contributed by atoms with van der Waals surface area (Å²) in [6.07, 6.45) is 0.868. The lowest BCUT2D eigenvalue weighted by molar-refractivity contribution is -0.140. The lowest BCUT2D eigenvalue weighted by Crippen LogP contribution is -2.46. The Hall–Kier alpha value is -2.53. The van der Waals surface area contributed by atoms with E-state index in [0.29, 0.717) is 36.8 Å². The summed E-state index contributed by atoms with van der Waals surface area (Å²) in [7, 11) is 1.58. The summed E-state index contributed by atoms with van der Waals surface area (Å²) >= 11 is 5.86. The number of rotatable bonds is 9. The van der Waals surface area contributed by atoms with Gasteiger partial charge >= 0.3 is 0 Å². The number of hydrogen-bond acceptors (Lipinski definition) is 3. The van der Waals surface area contributed by atoms with Crippen LogP contribution in [0.4, 0.5) is 0 Å². The maximum Gasteiger partial charge on any atom is 0.242 e. The quantitative estimate of drug-likeness (QED) is 0.645. The zero-order valence-electron chi connectivity index (χ0n) is 16.6. The summed E-state index contributed by atoms with van der Waals surface area (Å²) in [5.41, 5.74) is 2.12. The largest absolute Gasteiger partial charge is 0.494 e. The Balaban J connectivity index is 1.97. The summed E-state index contributed by atoms with van der Waals surface area (Å²) < 4.78 is 5.65. The van der Waals surface area contributed by atoms with E-state index < -0.39 is 6.04 Å². The van der Waals surface area contributed by atoms with Crippen LogP contribution in [0.2, 0.25) is 5.02 Å². The number of nitrogens with one attached hydrogen (secondary N) is 1. The Morgan fingerprint density at radius 3 is 2.46 bits per heavy atom. The molecule has 1 N–H and O–H groups in total. The topological polar surface area (TPSA) is 58.6 Å². The molecule has 0 saturated carbocycles. The van der Waals surface area contributed by atoms with E-state index in [2.05, 4.69) is 5.32 Å². The number of carbonyl (C=O) groups excluding carboxylic acids is 2. The fraction of sp³-hybridized carbons (Fsp3) is 0.364. The third-order valence-electron chi connectivity index (χ3n) is 4.63. The van der Waals surface area contributed by atoms with E-state index in [9.17, 15) is 9.59 Å². The second-order valence-electron chi connectivity index (χ2n) is 6.64. The van der Waals surface area contributed by atoms with Crippen LogP contribution < -0.4 is 10.1 Å². The summed E-state index contributed by atoms with van der Waals surface area (Å²) in [6.45, 7) is 4.57. The minimum atomic E-state index is -0.547. The molecule has 0 spiro atoms. The van der Waals surface area contributed by atoms with Crippen LogP contribution in [0.25, 0.3) is 0 Å². The summed E-state index contributed by atoms with van der Waals surface area (Å²) in [4.78, 5) is 26.6. The van der Waals surface area contributed by atoms with Crippen LogP contribution in [-0.4, -0.2) is 36.4 Å². The number of hydrogen-bond donors (Lipinski definition) is 1. The van der Waals surface area contributed by atoms with E-state index in [1.807, 2.05) is 31.2 Å². The molecule has 2 aromatic carbocycles. The second kappa shape index (κ2) is 10.7. The molecule has 28 heavy (non-hydrogen) atoms. The maximum absolute atomic E-state index is 12.8. The van der Waals surface area contributed by atoms with Crippen molar-refractivity contribution in [2.75, 3.05) is 13.7 Å². The van der Waals surface area contributed by atoms with E-state index in [4.69, 9.17) is 16.3 Å². The first-order valence-corrected chi connectivity index (χ1v) is 9.74. The molecule has 150 valence electrons. The number of halogens is 1. The molecule has 0 aliphatic heterocycles. The first-order chi connectivity index (χ1) is 13.4. The Bertz CT molecular complexity index is 793. The van der Waals surface area contributed by atoms with Gasteiger partial charge in [-0.15, -0.1) is 0 Å². The highest BCUT2D eigenvalue weighted by atomic mass is 35.5. The summed E-state index contributed by atoms with van der Waals surface area (Å²) in [5, 5.41) is 3.28. The average molecular weight is 403 g/mol. The zero-order chi connectivity index (χ0) is 20.5. The lowest BCUT2D eigenvalue weighted by atomic mass is 10.1. The van der Waals surface area contributed by atoms with Crippen LogP contribution in [0.1, 0.15) is 30.9 Å². The van der Waals surface area contributed by atoms with Crippen LogP contribution in [0.15, 0.2) is 48.5 Å².